The molecule has 26 heavy (non-hydrogen) atoms. The van der Waals surface area contributed by atoms with Gasteiger partial charge in [0.2, 0.25) is 0 Å². The maximum Gasteiger partial charge on any atom is 0.272 e. The van der Waals surface area contributed by atoms with E-state index in [0.29, 0.717) is 5.56 Å². The lowest BCUT2D eigenvalue weighted by Gasteiger charge is -2.07. The standard InChI is InChI=1S/C16H13FN4O4S/c17-12-7-3-1-5-10(12)16(23)20-19-14(22)9-18-15-11-6-2-4-8-13(11)26(24,25)21-15/h1-8H,9H2,(H,18,21)(H,19,22)(H,20,23). The second-order valence-electron chi connectivity index (χ2n) is 5.25. The number of sulfonamides is 1. The lowest BCUT2D eigenvalue weighted by Crippen LogP contribution is -2.43. The first kappa shape index (κ1) is 17.5. The van der Waals surface area contributed by atoms with Crippen molar-refractivity contribution in [1.29, 1.82) is 0 Å². The number of halogens is 1. The minimum atomic E-state index is -3.69. The highest BCUT2D eigenvalue weighted by atomic mass is 32.2. The Kier molecular flexibility index (Phi) is 4.67. The molecule has 0 saturated heterocycles. The highest BCUT2D eigenvalue weighted by molar-refractivity contribution is 7.90. The summed E-state index contributed by atoms with van der Waals surface area (Å²) < 4.78 is 39.6. The molecule has 0 spiro atoms. The quantitative estimate of drug-likeness (QED) is 0.669. The summed E-state index contributed by atoms with van der Waals surface area (Å²) >= 11 is 0. The van der Waals surface area contributed by atoms with Crippen LogP contribution in [0.3, 0.4) is 0 Å². The van der Waals surface area contributed by atoms with Gasteiger partial charge in [-0.25, -0.2) is 12.8 Å². The molecule has 8 nitrogen and oxygen atoms in total. The number of aliphatic imine (C=N–C) groups is 1. The van der Waals surface area contributed by atoms with Gasteiger partial charge in [-0.3, -0.25) is 30.2 Å². The molecule has 2 amide bonds. The van der Waals surface area contributed by atoms with E-state index in [0.717, 1.165) is 6.07 Å². The Labute approximate surface area is 148 Å². The average molecular weight is 376 g/mol. The minimum Gasteiger partial charge on any atom is -0.271 e. The van der Waals surface area contributed by atoms with Gasteiger partial charge in [0, 0.05) is 5.56 Å². The lowest BCUT2D eigenvalue weighted by atomic mass is 10.2. The molecule has 2 aromatic carbocycles. The van der Waals surface area contributed by atoms with Crippen molar-refractivity contribution in [3.8, 4) is 0 Å². The van der Waals surface area contributed by atoms with Crippen LogP contribution in [-0.4, -0.2) is 32.6 Å². The number of nitrogens with one attached hydrogen (secondary N) is 3. The van der Waals surface area contributed by atoms with Crippen molar-refractivity contribution in [2.45, 2.75) is 4.90 Å². The summed E-state index contributed by atoms with van der Waals surface area (Å²) in [6, 6.07) is 11.5. The summed E-state index contributed by atoms with van der Waals surface area (Å²) in [6.45, 7) is -0.441. The number of carbonyl (C=O) groups excluding carboxylic acids is 2. The summed E-state index contributed by atoms with van der Waals surface area (Å²) in [4.78, 5) is 27.6. The predicted molar refractivity (Wildman–Crippen MR) is 90.2 cm³/mol. The molecule has 0 bridgehead atoms. The minimum absolute atomic E-state index is 0.0381. The smallest absolute Gasteiger partial charge is 0.271 e. The molecule has 1 aliphatic heterocycles. The largest absolute Gasteiger partial charge is 0.272 e. The maximum atomic E-state index is 13.5. The fraction of sp³-hybridized carbons (Fsp3) is 0.0625. The molecule has 0 saturated carbocycles. The fourth-order valence-corrected chi connectivity index (χ4v) is 3.53. The summed E-state index contributed by atoms with van der Waals surface area (Å²) in [5.74, 6) is -2.21. The predicted octanol–water partition coefficient (Wildman–Crippen LogP) is 0.325. The van der Waals surface area contributed by atoms with Crippen LogP contribution in [0.15, 0.2) is 58.4 Å². The van der Waals surface area contributed by atoms with Gasteiger partial charge in [-0.2, -0.15) is 0 Å². The third-order valence-corrected chi connectivity index (χ3v) is 4.87. The normalized spacial score (nSPS) is 15.8. The van der Waals surface area contributed by atoms with Crippen LogP contribution < -0.4 is 15.6 Å². The van der Waals surface area contributed by atoms with E-state index in [1.54, 1.807) is 18.2 Å². The van der Waals surface area contributed by atoms with Gasteiger partial charge < -0.3 is 0 Å². The van der Waals surface area contributed by atoms with E-state index in [-0.39, 0.29) is 16.3 Å². The molecule has 2 aromatic rings. The molecule has 1 heterocycles. The van der Waals surface area contributed by atoms with Gasteiger partial charge >= 0.3 is 0 Å². The monoisotopic (exact) mass is 376 g/mol. The second kappa shape index (κ2) is 6.92. The number of amidine groups is 1. The Bertz CT molecular complexity index is 1020. The van der Waals surface area contributed by atoms with Gasteiger partial charge in [0.1, 0.15) is 18.2 Å². The summed E-state index contributed by atoms with van der Waals surface area (Å²) in [6.07, 6.45) is 0. The van der Waals surface area contributed by atoms with E-state index in [4.69, 9.17) is 0 Å². The molecule has 0 unspecified atom stereocenters. The number of nitrogens with zero attached hydrogens (tertiary/aromatic N) is 1. The topological polar surface area (TPSA) is 117 Å². The molecule has 3 rings (SSSR count). The fourth-order valence-electron chi connectivity index (χ4n) is 2.28. The van der Waals surface area contributed by atoms with Crippen molar-refractivity contribution in [3.63, 3.8) is 0 Å². The van der Waals surface area contributed by atoms with Crippen molar-refractivity contribution in [1.82, 2.24) is 15.6 Å². The Hall–Kier alpha value is -3.27. The number of hydrazine groups is 1. The number of rotatable bonds is 3. The van der Waals surface area contributed by atoms with Gasteiger partial charge in [-0.05, 0) is 24.3 Å². The molecule has 0 atom stereocenters. The Balaban J connectivity index is 1.62. The molecular weight excluding hydrogens is 363 g/mol. The highest BCUT2D eigenvalue weighted by Gasteiger charge is 2.30. The first-order valence-corrected chi connectivity index (χ1v) is 8.87. The van der Waals surface area contributed by atoms with Crippen molar-refractivity contribution in [2.24, 2.45) is 4.99 Å². The number of benzene rings is 2. The van der Waals surface area contributed by atoms with Crippen molar-refractivity contribution < 1.29 is 22.4 Å². The van der Waals surface area contributed by atoms with Crippen molar-refractivity contribution >= 4 is 27.7 Å². The van der Waals surface area contributed by atoms with Crippen LogP contribution in [0.25, 0.3) is 0 Å². The Morgan fingerprint density at radius 3 is 2.50 bits per heavy atom. The van der Waals surface area contributed by atoms with Gasteiger partial charge in [-0.15, -0.1) is 0 Å². The van der Waals surface area contributed by atoms with Gasteiger partial charge in [-0.1, -0.05) is 24.3 Å². The summed E-state index contributed by atoms with van der Waals surface area (Å²) in [7, 11) is -3.69. The SMILES string of the molecule is O=C(CN=C1NS(=O)(=O)c2ccccc21)NNC(=O)c1ccccc1F. The lowest BCUT2D eigenvalue weighted by molar-refractivity contribution is -0.120. The number of amides is 2. The third-order valence-electron chi connectivity index (χ3n) is 3.48. The Morgan fingerprint density at radius 2 is 1.73 bits per heavy atom. The molecule has 1 aliphatic rings. The van der Waals surface area contributed by atoms with Gasteiger partial charge in [0.05, 0.1) is 10.5 Å². The van der Waals surface area contributed by atoms with E-state index >= 15 is 0 Å². The van der Waals surface area contributed by atoms with E-state index in [1.165, 1.54) is 24.3 Å². The molecule has 0 aromatic heterocycles. The van der Waals surface area contributed by atoms with Crippen LogP contribution in [0.5, 0.6) is 0 Å². The average Bonchev–Trinajstić information content (AvgIpc) is 2.89. The zero-order valence-corrected chi connectivity index (χ0v) is 14.0. The number of hydrogen-bond acceptors (Lipinski definition) is 5. The highest BCUT2D eigenvalue weighted by Crippen LogP contribution is 2.21. The van der Waals surface area contributed by atoms with Gasteiger partial charge in [0.25, 0.3) is 21.8 Å². The van der Waals surface area contributed by atoms with Crippen LogP contribution in [0.2, 0.25) is 0 Å². The molecule has 3 N–H and O–H groups in total. The van der Waals surface area contributed by atoms with Gasteiger partial charge in [0.15, 0.2) is 0 Å². The second-order valence-corrected chi connectivity index (χ2v) is 6.90. The molecule has 0 radical (unpaired) electrons. The van der Waals surface area contributed by atoms with Crippen LogP contribution in [0.1, 0.15) is 15.9 Å². The van der Waals surface area contributed by atoms with E-state index in [9.17, 15) is 22.4 Å². The summed E-state index contributed by atoms with van der Waals surface area (Å²) in [5.41, 5.74) is 4.28. The van der Waals surface area contributed by atoms with Crippen LogP contribution in [0, 0.1) is 5.82 Å². The molecule has 10 heteroatoms. The number of fused-ring (bicyclic) bond motifs is 1. The number of hydrogen-bond donors (Lipinski definition) is 3. The first-order valence-electron chi connectivity index (χ1n) is 7.39. The molecule has 134 valence electrons. The third kappa shape index (κ3) is 3.54. The summed E-state index contributed by atoms with van der Waals surface area (Å²) in [5, 5.41) is 0. The zero-order valence-electron chi connectivity index (χ0n) is 13.2. The molecular formula is C16H13FN4O4S. The maximum absolute atomic E-state index is 13.5. The Morgan fingerprint density at radius 1 is 1.04 bits per heavy atom. The zero-order chi connectivity index (χ0) is 18.7. The molecule has 0 fully saturated rings. The van der Waals surface area contributed by atoms with Crippen molar-refractivity contribution in [2.75, 3.05) is 6.54 Å². The van der Waals surface area contributed by atoms with Crippen LogP contribution in [0.4, 0.5) is 4.39 Å². The van der Waals surface area contributed by atoms with E-state index < -0.39 is 34.2 Å². The van der Waals surface area contributed by atoms with E-state index in [1.807, 2.05) is 0 Å². The molecule has 0 aliphatic carbocycles. The number of carbonyl (C=O) groups is 2. The van der Waals surface area contributed by atoms with Crippen molar-refractivity contribution in [3.05, 3.63) is 65.5 Å². The first-order chi connectivity index (χ1) is 12.4. The van der Waals surface area contributed by atoms with Crippen LogP contribution in [-0.2, 0) is 14.8 Å². The van der Waals surface area contributed by atoms with E-state index in [2.05, 4.69) is 20.6 Å². The van der Waals surface area contributed by atoms with Crippen LogP contribution >= 0.6 is 0 Å².